The van der Waals surface area contributed by atoms with Gasteiger partial charge in [0.05, 0.1) is 16.8 Å². The predicted octanol–water partition coefficient (Wildman–Crippen LogP) is 4.24. The van der Waals surface area contributed by atoms with Crippen LogP contribution in [0.3, 0.4) is 0 Å². The van der Waals surface area contributed by atoms with E-state index in [-0.39, 0.29) is 5.70 Å². The Labute approximate surface area is 129 Å². The first-order valence-corrected chi connectivity index (χ1v) is 6.83. The summed E-state index contributed by atoms with van der Waals surface area (Å²) < 4.78 is 0. The van der Waals surface area contributed by atoms with Crippen LogP contribution in [0.5, 0.6) is 0 Å². The van der Waals surface area contributed by atoms with Gasteiger partial charge in [-0.1, -0.05) is 35.4 Å². The molecule has 0 fully saturated rings. The van der Waals surface area contributed by atoms with E-state index < -0.39 is 4.92 Å². The Bertz CT molecular complexity index is 702. The van der Waals surface area contributed by atoms with Crippen molar-refractivity contribution in [2.75, 3.05) is 5.32 Å². The van der Waals surface area contributed by atoms with Crippen LogP contribution in [0.4, 0.5) is 11.4 Å². The Hall–Kier alpha value is -2.95. The molecule has 2 rings (SSSR count). The minimum atomic E-state index is -0.473. The van der Waals surface area contributed by atoms with Crippen LogP contribution in [0.25, 0.3) is 0 Å². The Balaban J connectivity index is 2.12. The summed E-state index contributed by atoms with van der Waals surface area (Å²) in [6.45, 7) is 3.96. The average Bonchev–Trinajstić information content (AvgIpc) is 2.50. The highest BCUT2D eigenvalue weighted by molar-refractivity contribution is 5.78. The van der Waals surface area contributed by atoms with Crippen LogP contribution < -0.4 is 5.32 Å². The van der Waals surface area contributed by atoms with Gasteiger partial charge in [0.15, 0.2) is 0 Å². The molecule has 0 amide bonds. The van der Waals surface area contributed by atoms with E-state index in [0.29, 0.717) is 5.69 Å². The van der Waals surface area contributed by atoms with Crippen LogP contribution >= 0.6 is 0 Å². The molecule has 0 heterocycles. The molecule has 0 radical (unpaired) electrons. The highest BCUT2D eigenvalue weighted by Gasteiger charge is 2.06. The van der Waals surface area contributed by atoms with Gasteiger partial charge in [0.25, 0.3) is 0 Å². The molecule has 0 bridgehead atoms. The van der Waals surface area contributed by atoms with Gasteiger partial charge in [0, 0.05) is 5.69 Å². The van der Waals surface area contributed by atoms with E-state index in [1.165, 1.54) is 12.4 Å². The van der Waals surface area contributed by atoms with Gasteiger partial charge >= 0.3 is 5.70 Å². The second-order valence-electron chi connectivity index (χ2n) is 4.93. The lowest BCUT2D eigenvalue weighted by molar-refractivity contribution is -0.414. The highest BCUT2D eigenvalue weighted by Crippen LogP contribution is 2.13. The summed E-state index contributed by atoms with van der Waals surface area (Å²) in [5.41, 5.74) is 3.60. The maximum atomic E-state index is 11.1. The zero-order valence-corrected chi connectivity index (χ0v) is 12.5. The average molecular weight is 295 g/mol. The second-order valence-corrected chi connectivity index (χ2v) is 4.93. The molecule has 22 heavy (non-hydrogen) atoms. The minimum absolute atomic E-state index is 0.110. The number of nitrogens with zero attached hydrogens (tertiary/aromatic N) is 2. The largest absolute Gasteiger partial charge is 0.356 e. The van der Waals surface area contributed by atoms with Gasteiger partial charge < -0.3 is 5.32 Å². The molecule has 0 aliphatic carbocycles. The summed E-state index contributed by atoms with van der Waals surface area (Å²) in [5.74, 6) is 0. The molecule has 0 saturated heterocycles. The maximum absolute atomic E-state index is 11.1. The monoisotopic (exact) mass is 295 g/mol. The summed E-state index contributed by atoms with van der Waals surface area (Å²) in [6.07, 6.45) is 2.58. The van der Waals surface area contributed by atoms with Crippen molar-refractivity contribution in [3.05, 3.63) is 81.7 Å². The fourth-order valence-electron chi connectivity index (χ4n) is 1.72. The van der Waals surface area contributed by atoms with Crippen molar-refractivity contribution < 1.29 is 4.92 Å². The van der Waals surface area contributed by atoms with E-state index in [4.69, 9.17) is 0 Å². The summed E-state index contributed by atoms with van der Waals surface area (Å²) in [6, 6.07) is 15.0. The summed E-state index contributed by atoms with van der Waals surface area (Å²) >= 11 is 0. The van der Waals surface area contributed by atoms with E-state index in [1.807, 2.05) is 62.4 Å². The van der Waals surface area contributed by atoms with E-state index in [0.717, 1.165) is 16.8 Å². The molecule has 0 saturated carbocycles. The van der Waals surface area contributed by atoms with Gasteiger partial charge in [-0.2, -0.15) is 0 Å². The smallest absolute Gasteiger partial charge is 0.303 e. The van der Waals surface area contributed by atoms with Crippen LogP contribution in [-0.4, -0.2) is 11.1 Å². The van der Waals surface area contributed by atoms with Gasteiger partial charge in [0.2, 0.25) is 0 Å². The quantitative estimate of drug-likeness (QED) is 0.509. The molecule has 5 heteroatoms. The normalized spacial score (nSPS) is 11.6. The SMILES string of the molecule is Cc1ccc(N=CC(=CNc2ccc(C)cc2)[N+](=O)[O-])cc1. The van der Waals surface area contributed by atoms with Gasteiger partial charge in [-0.05, 0) is 38.1 Å². The zero-order valence-electron chi connectivity index (χ0n) is 12.5. The molecule has 0 spiro atoms. The van der Waals surface area contributed by atoms with Crippen LogP contribution in [0, 0.1) is 24.0 Å². The molecule has 2 aromatic carbocycles. The van der Waals surface area contributed by atoms with Crippen LogP contribution in [0.1, 0.15) is 11.1 Å². The third-order valence-electron chi connectivity index (χ3n) is 3.03. The number of aliphatic imine (C=N–C) groups is 1. The maximum Gasteiger partial charge on any atom is 0.303 e. The third-order valence-corrected chi connectivity index (χ3v) is 3.03. The standard InChI is InChI=1S/C17H17N3O2/c1-13-3-7-15(8-4-13)18-11-17(20(21)22)12-19-16-9-5-14(2)6-10-16/h3-12,18H,1-2H3. The number of anilines is 1. The van der Waals surface area contributed by atoms with Crippen molar-refractivity contribution in [1.82, 2.24) is 0 Å². The lowest BCUT2D eigenvalue weighted by Gasteiger charge is -2.00. The Morgan fingerprint density at radius 3 is 2.14 bits per heavy atom. The van der Waals surface area contributed by atoms with Crippen molar-refractivity contribution >= 4 is 17.6 Å². The van der Waals surface area contributed by atoms with Crippen LogP contribution in [0.15, 0.2) is 65.4 Å². The molecule has 2 aromatic rings. The van der Waals surface area contributed by atoms with Gasteiger partial charge in [-0.25, -0.2) is 4.99 Å². The molecule has 1 N–H and O–H groups in total. The van der Waals surface area contributed by atoms with Crippen molar-refractivity contribution in [3.8, 4) is 0 Å². The lowest BCUT2D eigenvalue weighted by atomic mass is 10.2. The number of nitrogens with one attached hydrogen (secondary N) is 1. The van der Waals surface area contributed by atoms with Crippen molar-refractivity contribution in [3.63, 3.8) is 0 Å². The number of allylic oxidation sites excluding steroid dienone is 1. The molecule has 0 aliphatic rings. The van der Waals surface area contributed by atoms with E-state index in [9.17, 15) is 10.1 Å². The van der Waals surface area contributed by atoms with Crippen LogP contribution in [-0.2, 0) is 0 Å². The molecule has 0 aliphatic heterocycles. The van der Waals surface area contributed by atoms with Gasteiger partial charge in [-0.15, -0.1) is 0 Å². The van der Waals surface area contributed by atoms with E-state index in [1.54, 1.807) is 0 Å². The number of nitro groups is 1. The summed E-state index contributed by atoms with van der Waals surface area (Å²) in [4.78, 5) is 14.7. The number of aryl methyl sites for hydroxylation is 2. The zero-order chi connectivity index (χ0) is 15.9. The molecular formula is C17H17N3O2. The van der Waals surface area contributed by atoms with Gasteiger partial charge in [0.1, 0.15) is 6.21 Å². The van der Waals surface area contributed by atoms with Crippen LogP contribution in [0.2, 0.25) is 0 Å². The third kappa shape index (κ3) is 4.56. The van der Waals surface area contributed by atoms with E-state index >= 15 is 0 Å². The van der Waals surface area contributed by atoms with Crippen molar-refractivity contribution in [2.24, 2.45) is 4.99 Å². The number of hydrogen-bond donors (Lipinski definition) is 1. The van der Waals surface area contributed by atoms with Crippen molar-refractivity contribution in [2.45, 2.75) is 13.8 Å². The molecule has 0 atom stereocenters. The summed E-state index contributed by atoms with van der Waals surface area (Å²) in [7, 11) is 0. The van der Waals surface area contributed by atoms with E-state index in [2.05, 4.69) is 10.3 Å². The lowest BCUT2D eigenvalue weighted by Crippen LogP contribution is -2.03. The molecule has 112 valence electrons. The van der Waals surface area contributed by atoms with Crippen molar-refractivity contribution in [1.29, 1.82) is 0 Å². The highest BCUT2D eigenvalue weighted by atomic mass is 16.6. The first-order valence-electron chi connectivity index (χ1n) is 6.83. The molecule has 0 unspecified atom stereocenters. The Kier molecular flexibility index (Phi) is 5.03. The Morgan fingerprint density at radius 1 is 1.05 bits per heavy atom. The predicted molar refractivity (Wildman–Crippen MR) is 89.2 cm³/mol. The first-order chi connectivity index (χ1) is 10.5. The number of benzene rings is 2. The first kappa shape index (κ1) is 15.4. The summed E-state index contributed by atoms with van der Waals surface area (Å²) in [5, 5.41) is 14.0. The fourth-order valence-corrected chi connectivity index (χ4v) is 1.72. The molecule has 0 aromatic heterocycles. The minimum Gasteiger partial charge on any atom is -0.356 e. The topological polar surface area (TPSA) is 67.5 Å². The number of rotatable bonds is 5. The number of hydrogen-bond acceptors (Lipinski definition) is 4. The molecular weight excluding hydrogens is 278 g/mol. The second kappa shape index (κ2) is 7.17. The fraction of sp³-hybridized carbons (Fsp3) is 0.118. The Morgan fingerprint density at radius 2 is 1.59 bits per heavy atom. The van der Waals surface area contributed by atoms with Gasteiger partial charge in [-0.3, -0.25) is 10.1 Å². The molecule has 5 nitrogen and oxygen atoms in total.